The highest BCUT2D eigenvalue weighted by atomic mass is 16.5. The smallest absolute Gasteiger partial charge is 0.306 e. The first-order valence-corrected chi connectivity index (χ1v) is 7.65. The molecule has 2 N–H and O–H groups in total. The summed E-state index contributed by atoms with van der Waals surface area (Å²) in [7, 11) is 0. The Hall–Kier alpha value is -0.610. The molecule has 2 fully saturated rings. The second kappa shape index (κ2) is 6.23. The fourth-order valence-electron chi connectivity index (χ4n) is 3.42. The lowest BCUT2D eigenvalue weighted by atomic mass is 9.84. The second-order valence-electron chi connectivity index (χ2n) is 6.41. The van der Waals surface area contributed by atoms with Crippen LogP contribution >= 0.6 is 0 Å². The summed E-state index contributed by atoms with van der Waals surface area (Å²) in [6.45, 7) is 5.17. The van der Waals surface area contributed by atoms with Gasteiger partial charge in [-0.05, 0) is 45.4 Å². The van der Waals surface area contributed by atoms with Crippen LogP contribution in [0.5, 0.6) is 0 Å². The highest BCUT2D eigenvalue weighted by Crippen LogP contribution is 2.30. The maximum atomic E-state index is 11.1. The molecule has 0 radical (unpaired) electrons. The molecule has 4 heteroatoms. The lowest BCUT2D eigenvalue weighted by Crippen LogP contribution is -2.49. The van der Waals surface area contributed by atoms with Crippen LogP contribution in [0.1, 0.15) is 58.8 Å². The van der Waals surface area contributed by atoms with E-state index < -0.39 is 5.97 Å². The van der Waals surface area contributed by atoms with Gasteiger partial charge in [0.25, 0.3) is 0 Å². The molecular formula is C15H27NO3. The van der Waals surface area contributed by atoms with Crippen molar-refractivity contribution in [2.75, 3.05) is 6.61 Å². The molecule has 0 aromatic rings. The summed E-state index contributed by atoms with van der Waals surface area (Å²) in [5.41, 5.74) is -0.00319. The average Bonchev–Trinajstić information content (AvgIpc) is 2.39. The monoisotopic (exact) mass is 269 g/mol. The lowest BCUT2D eigenvalue weighted by Gasteiger charge is -2.40. The van der Waals surface area contributed by atoms with Crippen LogP contribution in [0.2, 0.25) is 0 Å². The molecule has 19 heavy (non-hydrogen) atoms. The Bertz CT molecular complexity index is 321. The van der Waals surface area contributed by atoms with Gasteiger partial charge in [0.2, 0.25) is 0 Å². The average molecular weight is 269 g/mol. The van der Waals surface area contributed by atoms with Crippen molar-refractivity contribution in [1.82, 2.24) is 5.32 Å². The number of carboxylic acids is 1. The van der Waals surface area contributed by atoms with E-state index in [-0.39, 0.29) is 11.5 Å². The molecule has 2 aliphatic rings. The first-order valence-electron chi connectivity index (χ1n) is 7.65. The van der Waals surface area contributed by atoms with Gasteiger partial charge in [0.1, 0.15) is 0 Å². The molecule has 0 amide bonds. The van der Waals surface area contributed by atoms with E-state index in [0.29, 0.717) is 12.1 Å². The minimum absolute atomic E-state index is 0.00319. The van der Waals surface area contributed by atoms with Gasteiger partial charge in [-0.3, -0.25) is 4.79 Å². The normalized spacial score (nSPS) is 40.0. The molecule has 4 nitrogen and oxygen atoms in total. The van der Waals surface area contributed by atoms with E-state index in [2.05, 4.69) is 19.2 Å². The molecular weight excluding hydrogens is 242 g/mol. The van der Waals surface area contributed by atoms with E-state index >= 15 is 0 Å². The van der Waals surface area contributed by atoms with Gasteiger partial charge in [-0.2, -0.15) is 0 Å². The quantitative estimate of drug-likeness (QED) is 0.823. The predicted octanol–water partition coefficient (Wildman–Crippen LogP) is 2.57. The molecule has 4 atom stereocenters. The molecule has 0 aromatic carbocycles. The molecule has 0 spiro atoms. The summed E-state index contributed by atoms with van der Waals surface area (Å²) in [6.07, 6.45) is 6.89. The Morgan fingerprint density at radius 1 is 1.37 bits per heavy atom. The number of rotatable bonds is 4. The maximum Gasteiger partial charge on any atom is 0.306 e. The molecule has 0 bridgehead atoms. The molecule has 1 heterocycles. The van der Waals surface area contributed by atoms with Crippen LogP contribution < -0.4 is 5.32 Å². The van der Waals surface area contributed by atoms with Crippen LogP contribution in [0.15, 0.2) is 0 Å². The van der Waals surface area contributed by atoms with E-state index in [0.717, 1.165) is 51.6 Å². The Morgan fingerprint density at radius 2 is 2.16 bits per heavy atom. The summed E-state index contributed by atoms with van der Waals surface area (Å²) in [5, 5.41) is 12.8. The Balaban J connectivity index is 1.85. The fourth-order valence-corrected chi connectivity index (χ4v) is 3.42. The molecule has 1 aliphatic carbocycles. The summed E-state index contributed by atoms with van der Waals surface area (Å²) in [6, 6.07) is 0.857. The zero-order valence-electron chi connectivity index (χ0n) is 12.2. The summed E-state index contributed by atoms with van der Waals surface area (Å²) in [4.78, 5) is 11.1. The van der Waals surface area contributed by atoms with Gasteiger partial charge in [0.15, 0.2) is 0 Å². The summed E-state index contributed by atoms with van der Waals surface area (Å²) < 4.78 is 5.86. The number of hydrogen-bond donors (Lipinski definition) is 2. The molecule has 4 unspecified atom stereocenters. The SMILES string of the molecule is CCC1(C)CC(NC2CCCC(C(=O)O)C2)CCO1. The van der Waals surface area contributed by atoms with Crippen LogP contribution in [0.25, 0.3) is 0 Å². The van der Waals surface area contributed by atoms with Crippen LogP contribution in [0.3, 0.4) is 0 Å². The van der Waals surface area contributed by atoms with E-state index in [1.165, 1.54) is 0 Å². The predicted molar refractivity (Wildman–Crippen MR) is 74.2 cm³/mol. The van der Waals surface area contributed by atoms with Crippen molar-refractivity contribution in [3.63, 3.8) is 0 Å². The summed E-state index contributed by atoms with van der Waals surface area (Å²) >= 11 is 0. The highest BCUT2D eigenvalue weighted by Gasteiger charge is 2.34. The minimum Gasteiger partial charge on any atom is -0.481 e. The number of carbonyl (C=O) groups is 1. The fraction of sp³-hybridized carbons (Fsp3) is 0.933. The maximum absolute atomic E-state index is 11.1. The highest BCUT2D eigenvalue weighted by molar-refractivity contribution is 5.70. The lowest BCUT2D eigenvalue weighted by molar-refractivity contribution is -0.143. The number of ether oxygens (including phenoxy) is 1. The van der Waals surface area contributed by atoms with Crippen molar-refractivity contribution in [3.8, 4) is 0 Å². The molecule has 2 rings (SSSR count). The number of nitrogens with one attached hydrogen (secondary N) is 1. The number of carboxylic acid groups (broad SMARTS) is 1. The largest absolute Gasteiger partial charge is 0.481 e. The van der Waals surface area contributed by atoms with Crippen LogP contribution in [0.4, 0.5) is 0 Å². The first-order chi connectivity index (χ1) is 9.02. The second-order valence-corrected chi connectivity index (χ2v) is 6.41. The summed E-state index contributed by atoms with van der Waals surface area (Å²) in [5.74, 6) is -0.777. The van der Waals surface area contributed by atoms with Crippen molar-refractivity contribution in [2.45, 2.75) is 76.5 Å². The van der Waals surface area contributed by atoms with Gasteiger partial charge in [-0.15, -0.1) is 0 Å². The van der Waals surface area contributed by atoms with E-state index in [4.69, 9.17) is 9.84 Å². The van der Waals surface area contributed by atoms with Gasteiger partial charge in [-0.1, -0.05) is 13.3 Å². The molecule has 0 aromatic heterocycles. The topological polar surface area (TPSA) is 58.6 Å². The molecule has 1 saturated carbocycles. The molecule has 110 valence electrons. The first kappa shape index (κ1) is 14.8. The Labute approximate surface area is 115 Å². The number of hydrogen-bond acceptors (Lipinski definition) is 3. The van der Waals surface area contributed by atoms with E-state index in [1.54, 1.807) is 0 Å². The Morgan fingerprint density at radius 3 is 2.84 bits per heavy atom. The standard InChI is InChI=1S/C15H27NO3/c1-3-15(2)10-13(7-8-19-15)16-12-6-4-5-11(9-12)14(17)18/h11-13,16H,3-10H2,1-2H3,(H,17,18). The van der Waals surface area contributed by atoms with Crippen LogP contribution in [0, 0.1) is 5.92 Å². The van der Waals surface area contributed by atoms with Crippen molar-refractivity contribution in [1.29, 1.82) is 0 Å². The van der Waals surface area contributed by atoms with E-state index in [1.807, 2.05) is 0 Å². The minimum atomic E-state index is -0.628. The van der Waals surface area contributed by atoms with Crippen LogP contribution in [-0.2, 0) is 9.53 Å². The van der Waals surface area contributed by atoms with Crippen molar-refractivity contribution in [2.24, 2.45) is 5.92 Å². The van der Waals surface area contributed by atoms with Gasteiger partial charge in [0.05, 0.1) is 11.5 Å². The zero-order chi connectivity index (χ0) is 13.9. The van der Waals surface area contributed by atoms with E-state index in [9.17, 15) is 4.79 Å². The van der Waals surface area contributed by atoms with Gasteiger partial charge >= 0.3 is 5.97 Å². The van der Waals surface area contributed by atoms with Crippen molar-refractivity contribution < 1.29 is 14.6 Å². The molecule has 1 aliphatic heterocycles. The van der Waals surface area contributed by atoms with Gasteiger partial charge < -0.3 is 15.2 Å². The third kappa shape index (κ3) is 3.93. The molecule has 1 saturated heterocycles. The van der Waals surface area contributed by atoms with Crippen molar-refractivity contribution in [3.05, 3.63) is 0 Å². The van der Waals surface area contributed by atoms with Crippen LogP contribution in [-0.4, -0.2) is 35.4 Å². The van der Waals surface area contributed by atoms with Gasteiger partial charge in [0, 0.05) is 18.7 Å². The zero-order valence-corrected chi connectivity index (χ0v) is 12.2. The number of aliphatic carboxylic acids is 1. The van der Waals surface area contributed by atoms with Gasteiger partial charge in [-0.25, -0.2) is 0 Å². The van der Waals surface area contributed by atoms with Crippen molar-refractivity contribution >= 4 is 5.97 Å². The third-order valence-electron chi connectivity index (χ3n) is 4.84. The Kier molecular flexibility index (Phi) is 4.85. The third-order valence-corrected chi connectivity index (χ3v) is 4.84.